The summed E-state index contributed by atoms with van der Waals surface area (Å²) >= 11 is 0. The number of halogens is 3. The van der Waals surface area contributed by atoms with Crippen LogP contribution < -0.4 is 5.73 Å². The molecule has 0 bridgehead atoms. The third-order valence-electron chi connectivity index (χ3n) is 2.17. The average molecular weight is 231 g/mol. The highest BCUT2D eigenvalue weighted by molar-refractivity contribution is 5.73. The lowest BCUT2D eigenvalue weighted by Crippen LogP contribution is -2.10. The molecule has 0 unspecified atom stereocenters. The SMILES string of the molecule is NC(=O)CCCc1ccc(C(F)(F)F)cc1. The van der Waals surface area contributed by atoms with Gasteiger partial charge in [0.15, 0.2) is 0 Å². The van der Waals surface area contributed by atoms with E-state index in [1.165, 1.54) is 12.1 Å². The first-order chi connectivity index (χ1) is 7.39. The Morgan fingerprint density at radius 3 is 2.19 bits per heavy atom. The van der Waals surface area contributed by atoms with E-state index in [0.29, 0.717) is 12.8 Å². The normalized spacial score (nSPS) is 11.4. The number of hydrogen-bond donors (Lipinski definition) is 1. The molecule has 0 aliphatic carbocycles. The van der Waals surface area contributed by atoms with Gasteiger partial charge in [-0.15, -0.1) is 0 Å². The molecule has 0 atom stereocenters. The van der Waals surface area contributed by atoms with Crippen molar-refractivity contribution in [3.05, 3.63) is 35.4 Å². The van der Waals surface area contributed by atoms with Gasteiger partial charge in [0.2, 0.25) is 5.91 Å². The van der Waals surface area contributed by atoms with Crippen LogP contribution >= 0.6 is 0 Å². The van der Waals surface area contributed by atoms with Gasteiger partial charge < -0.3 is 5.73 Å². The molecule has 1 amide bonds. The van der Waals surface area contributed by atoms with Crippen LogP contribution in [0.3, 0.4) is 0 Å². The summed E-state index contributed by atoms with van der Waals surface area (Å²) in [5.41, 5.74) is 5.06. The molecule has 5 heteroatoms. The molecule has 0 spiro atoms. The molecule has 0 aromatic heterocycles. The molecule has 0 saturated carbocycles. The number of rotatable bonds is 4. The Morgan fingerprint density at radius 1 is 1.19 bits per heavy atom. The van der Waals surface area contributed by atoms with E-state index in [4.69, 9.17) is 5.73 Å². The summed E-state index contributed by atoms with van der Waals surface area (Å²) in [6, 6.07) is 4.92. The molecule has 0 heterocycles. The maximum atomic E-state index is 12.2. The highest BCUT2D eigenvalue weighted by Crippen LogP contribution is 2.29. The molecule has 1 aromatic rings. The second-order valence-corrected chi connectivity index (χ2v) is 3.51. The Kier molecular flexibility index (Phi) is 3.93. The molecule has 0 saturated heterocycles. The van der Waals surface area contributed by atoms with Crippen molar-refractivity contribution in [3.63, 3.8) is 0 Å². The van der Waals surface area contributed by atoms with Crippen LogP contribution in [0.4, 0.5) is 13.2 Å². The number of carbonyl (C=O) groups excluding carboxylic acids is 1. The first kappa shape index (κ1) is 12.5. The van der Waals surface area contributed by atoms with Gasteiger partial charge in [-0.1, -0.05) is 12.1 Å². The van der Waals surface area contributed by atoms with E-state index >= 15 is 0 Å². The fourth-order valence-corrected chi connectivity index (χ4v) is 1.33. The average Bonchev–Trinajstić information content (AvgIpc) is 2.16. The molecule has 2 N–H and O–H groups in total. The fourth-order valence-electron chi connectivity index (χ4n) is 1.33. The van der Waals surface area contributed by atoms with Crippen molar-refractivity contribution in [1.82, 2.24) is 0 Å². The van der Waals surface area contributed by atoms with Crippen molar-refractivity contribution in [2.75, 3.05) is 0 Å². The minimum Gasteiger partial charge on any atom is -0.370 e. The summed E-state index contributed by atoms with van der Waals surface area (Å²) in [7, 11) is 0. The predicted octanol–water partition coefficient (Wildman–Crippen LogP) is 2.51. The van der Waals surface area contributed by atoms with E-state index < -0.39 is 17.6 Å². The molecule has 0 fully saturated rings. The minimum atomic E-state index is -4.30. The Balaban J connectivity index is 2.55. The summed E-state index contributed by atoms with van der Waals surface area (Å²) in [6.45, 7) is 0. The van der Waals surface area contributed by atoms with E-state index in [1.54, 1.807) is 0 Å². The largest absolute Gasteiger partial charge is 0.416 e. The summed E-state index contributed by atoms with van der Waals surface area (Å²) in [4.78, 5) is 10.4. The van der Waals surface area contributed by atoms with Crippen LogP contribution in [0.2, 0.25) is 0 Å². The Morgan fingerprint density at radius 2 is 1.75 bits per heavy atom. The highest BCUT2D eigenvalue weighted by atomic mass is 19.4. The molecule has 0 aliphatic rings. The number of alkyl halides is 3. The number of carbonyl (C=O) groups is 1. The van der Waals surface area contributed by atoms with Crippen LogP contribution in [0.15, 0.2) is 24.3 Å². The zero-order valence-corrected chi connectivity index (χ0v) is 8.55. The Hall–Kier alpha value is -1.52. The smallest absolute Gasteiger partial charge is 0.370 e. The maximum Gasteiger partial charge on any atom is 0.416 e. The molecule has 16 heavy (non-hydrogen) atoms. The lowest BCUT2D eigenvalue weighted by atomic mass is 10.1. The first-order valence-electron chi connectivity index (χ1n) is 4.84. The molecule has 2 nitrogen and oxygen atoms in total. The summed E-state index contributed by atoms with van der Waals surface area (Å²) in [5, 5.41) is 0. The van der Waals surface area contributed by atoms with Gasteiger partial charge in [-0.3, -0.25) is 4.79 Å². The van der Waals surface area contributed by atoms with Crippen LogP contribution in [-0.4, -0.2) is 5.91 Å². The summed E-state index contributed by atoms with van der Waals surface area (Å²) in [5.74, 6) is -0.396. The molecular formula is C11H12F3NO. The van der Waals surface area contributed by atoms with Crippen molar-refractivity contribution < 1.29 is 18.0 Å². The van der Waals surface area contributed by atoms with E-state index in [2.05, 4.69) is 0 Å². The maximum absolute atomic E-state index is 12.2. The van der Waals surface area contributed by atoms with Crippen molar-refractivity contribution in [2.24, 2.45) is 5.73 Å². The zero-order valence-electron chi connectivity index (χ0n) is 8.55. The standard InChI is InChI=1S/C11H12F3NO/c12-11(13,14)9-6-4-8(5-7-9)2-1-3-10(15)16/h4-7H,1-3H2,(H2,15,16). The lowest BCUT2D eigenvalue weighted by Gasteiger charge is -2.07. The van der Waals surface area contributed by atoms with Crippen molar-refractivity contribution in [1.29, 1.82) is 0 Å². The minimum absolute atomic E-state index is 0.251. The number of benzene rings is 1. The van der Waals surface area contributed by atoms with Crippen LogP contribution in [0.1, 0.15) is 24.0 Å². The van der Waals surface area contributed by atoms with Crippen LogP contribution in [0.25, 0.3) is 0 Å². The third kappa shape index (κ3) is 3.92. The number of primary amides is 1. The second-order valence-electron chi connectivity index (χ2n) is 3.51. The predicted molar refractivity (Wildman–Crippen MR) is 53.6 cm³/mol. The van der Waals surface area contributed by atoms with E-state index in [9.17, 15) is 18.0 Å². The molecular weight excluding hydrogens is 219 g/mol. The molecule has 0 radical (unpaired) electrons. The molecule has 0 aliphatic heterocycles. The van der Waals surface area contributed by atoms with Gasteiger partial charge in [0, 0.05) is 6.42 Å². The molecule has 88 valence electrons. The summed E-state index contributed by atoms with van der Waals surface area (Å²) < 4.78 is 36.6. The highest BCUT2D eigenvalue weighted by Gasteiger charge is 2.29. The van der Waals surface area contributed by atoms with Crippen molar-refractivity contribution in [2.45, 2.75) is 25.4 Å². The lowest BCUT2D eigenvalue weighted by molar-refractivity contribution is -0.137. The first-order valence-corrected chi connectivity index (χ1v) is 4.84. The number of amides is 1. The number of aryl methyl sites for hydroxylation is 1. The van der Waals surface area contributed by atoms with Crippen LogP contribution in [-0.2, 0) is 17.4 Å². The van der Waals surface area contributed by atoms with Gasteiger partial charge in [-0.05, 0) is 30.5 Å². The topological polar surface area (TPSA) is 43.1 Å². The monoisotopic (exact) mass is 231 g/mol. The van der Waals surface area contributed by atoms with E-state index in [-0.39, 0.29) is 6.42 Å². The van der Waals surface area contributed by atoms with Crippen molar-refractivity contribution in [3.8, 4) is 0 Å². The number of nitrogens with two attached hydrogens (primary N) is 1. The quantitative estimate of drug-likeness (QED) is 0.850. The fraction of sp³-hybridized carbons (Fsp3) is 0.364. The van der Waals surface area contributed by atoms with Crippen LogP contribution in [0, 0.1) is 0 Å². The van der Waals surface area contributed by atoms with Gasteiger partial charge in [-0.25, -0.2) is 0 Å². The molecule has 1 aromatic carbocycles. The van der Waals surface area contributed by atoms with Gasteiger partial charge in [-0.2, -0.15) is 13.2 Å². The van der Waals surface area contributed by atoms with Gasteiger partial charge in [0.05, 0.1) is 5.56 Å². The zero-order chi connectivity index (χ0) is 12.2. The van der Waals surface area contributed by atoms with Crippen LogP contribution in [0.5, 0.6) is 0 Å². The van der Waals surface area contributed by atoms with Gasteiger partial charge in [0.25, 0.3) is 0 Å². The number of hydrogen-bond acceptors (Lipinski definition) is 1. The second kappa shape index (κ2) is 5.01. The molecule has 1 rings (SSSR count). The van der Waals surface area contributed by atoms with Gasteiger partial charge >= 0.3 is 6.18 Å². The van der Waals surface area contributed by atoms with E-state index in [0.717, 1.165) is 17.7 Å². The van der Waals surface area contributed by atoms with Crippen molar-refractivity contribution >= 4 is 5.91 Å². The summed E-state index contributed by atoms with van der Waals surface area (Å²) in [6.07, 6.45) is -2.94. The van der Waals surface area contributed by atoms with Gasteiger partial charge in [0.1, 0.15) is 0 Å². The Labute approximate surface area is 91.3 Å². The third-order valence-corrected chi connectivity index (χ3v) is 2.17. The van der Waals surface area contributed by atoms with E-state index in [1.807, 2.05) is 0 Å². The Bertz CT molecular complexity index is 356.